The van der Waals surface area contributed by atoms with Crippen LogP contribution < -0.4 is 5.32 Å². The highest BCUT2D eigenvalue weighted by Crippen LogP contribution is 2.22. The van der Waals surface area contributed by atoms with Crippen molar-refractivity contribution in [1.29, 1.82) is 0 Å². The molecule has 29 heavy (non-hydrogen) atoms. The predicted molar refractivity (Wildman–Crippen MR) is 112 cm³/mol. The van der Waals surface area contributed by atoms with E-state index in [0.29, 0.717) is 37.8 Å². The van der Waals surface area contributed by atoms with E-state index in [2.05, 4.69) is 47.7 Å². The Morgan fingerprint density at radius 2 is 2.14 bits per heavy atom. The van der Waals surface area contributed by atoms with Crippen LogP contribution >= 0.6 is 0 Å². The van der Waals surface area contributed by atoms with Crippen LogP contribution in [-0.4, -0.2) is 43.6 Å². The van der Waals surface area contributed by atoms with Crippen LogP contribution in [-0.2, 0) is 25.7 Å². The van der Waals surface area contributed by atoms with Gasteiger partial charge in [0, 0.05) is 25.5 Å². The molecule has 1 N–H and O–H groups in total. The third-order valence-electron chi connectivity index (χ3n) is 5.63. The van der Waals surface area contributed by atoms with E-state index in [1.807, 2.05) is 12.1 Å². The SMILES string of the molecule is CCC(OCc1ccc2ccccc2c1)C1CC(C(=O)NCC2CCOC2)=NO1. The van der Waals surface area contributed by atoms with Crippen LogP contribution in [0.15, 0.2) is 47.6 Å². The summed E-state index contributed by atoms with van der Waals surface area (Å²) in [6.07, 6.45) is 1.92. The lowest BCUT2D eigenvalue weighted by Crippen LogP contribution is -2.36. The average Bonchev–Trinajstić information content (AvgIpc) is 3.45. The zero-order valence-corrected chi connectivity index (χ0v) is 16.8. The van der Waals surface area contributed by atoms with Gasteiger partial charge in [-0.15, -0.1) is 0 Å². The molecule has 2 aliphatic rings. The fraction of sp³-hybridized carbons (Fsp3) is 0.478. The second-order valence-corrected chi connectivity index (χ2v) is 7.76. The first-order chi connectivity index (χ1) is 14.2. The molecule has 3 atom stereocenters. The van der Waals surface area contributed by atoms with Crippen molar-refractivity contribution in [3.05, 3.63) is 48.0 Å². The third-order valence-corrected chi connectivity index (χ3v) is 5.63. The summed E-state index contributed by atoms with van der Waals surface area (Å²) in [4.78, 5) is 17.9. The standard InChI is InChI=1S/C23H28N2O4/c1-2-21(28-15-16-7-8-18-5-3-4-6-19(18)11-16)22-12-20(25-29-22)23(26)24-13-17-9-10-27-14-17/h3-8,11,17,21-22H,2,9-10,12-15H2,1H3,(H,24,26). The van der Waals surface area contributed by atoms with Crippen molar-refractivity contribution in [2.75, 3.05) is 19.8 Å². The fourth-order valence-electron chi connectivity index (χ4n) is 3.83. The first-order valence-corrected chi connectivity index (χ1v) is 10.4. The van der Waals surface area contributed by atoms with E-state index in [-0.39, 0.29) is 18.1 Å². The number of nitrogens with one attached hydrogen (secondary N) is 1. The number of ether oxygens (including phenoxy) is 2. The normalized spacial score (nSPS) is 22.3. The number of amides is 1. The van der Waals surface area contributed by atoms with Gasteiger partial charge in [0.15, 0.2) is 6.10 Å². The summed E-state index contributed by atoms with van der Waals surface area (Å²) < 4.78 is 11.5. The summed E-state index contributed by atoms with van der Waals surface area (Å²) in [5.41, 5.74) is 1.57. The van der Waals surface area contributed by atoms with Gasteiger partial charge < -0.3 is 19.6 Å². The van der Waals surface area contributed by atoms with Gasteiger partial charge in [0.1, 0.15) is 5.71 Å². The van der Waals surface area contributed by atoms with Gasteiger partial charge >= 0.3 is 0 Å². The first-order valence-electron chi connectivity index (χ1n) is 10.4. The van der Waals surface area contributed by atoms with Crippen LogP contribution in [0.5, 0.6) is 0 Å². The highest BCUT2D eigenvalue weighted by molar-refractivity contribution is 6.39. The quantitative estimate of drug-likeness (QED) is 0.742. The smallest absolute Gasteiger partial charge is 0.269 e. The summed E-state index contributed by atoms with van der Waals surface area (Å²) in [6.45, 7) is 4.68. The number of oxime groups is 1. The molecule has 0 saturated carbocycles. The molecule has 2 aromatic rings. The average molecular weight is 396 g/mol. The lowest BCUT2D eigenvalue weighted by molar-refractivity contribution is -0.115. The third kappa shape index (κ3) is 4.95. The van der Waals surface area contributed by atoms with Crippen molar-refractivity contribution in [2.45, 2.75) is 45.0 Å². The van der Waals surface area contributed by atoms with E-state index in [9.17, 15) is 4.79 Å². The lowest BCUT2D eigenvalue weighted by atomic mass is 10.0. The van der Waals surface area contributed by atoms with E-state index >= 15 is 0 Å². The van der Waals surface area contributed by atoms with E-state index < -0.39 is 0 Å². The van der Waals surface area contributed by atoms with Gasteiger partial charge in [-0.25, -0.2) is 0 Å². The Bertz CT molecular complexity index is 876. The molecule has 2 aliphatic heterocycles. The van der Waals surface area contributed by atoms with Crippen LogP contribution in [0.4, 0.5) is 0 Å². The molecule has 1 fully saturated rings. The fourth-order valence-corrected chi connectivity index (χ4v) is 3.83. The van der Waals surface area contributed by atoms with Crippen molar-refractivity contribution < 1.29 is 19.1 Å². The Labute approximate surface area is 171 Å². The van der Waals surface area contributed by atoms with Gasteiger partial charge in [0.2, 0.25) is 0 Å². The lowest BCUT2D eigenvalue weighted by Gasteiger charge is -2.21. The van der Waals surface area contributed by atoms with E-state index in [0.717, 1.165) is 25.0 Å². The van der Waals surface area contributed by atoms with Crippen LogP contribution in [0.2, 0.25) is 0 Å². The first kappa shape index (κ1) is 19.9. The van der Waals surface area contributed by atoms with Gasteiger partial charge in [0.25, 0.3) is 5.91 Å². The molecule has 6 heteroatoms. The van der Waals surface area contributed by atoms with Crippen LogP contribution in [0.25, 0.3) is 10.8 Å². The van der Waals surface area contributed by atoms with Crippen LogP contribution in [0.1, 0.15) is 31.7 Å². The van der Waals surface area contributed by atoms with Gasteiger partial charge in [-0.1, -0.05) is 48.5 Å². The molecule has 154 valence electrons. The van der Waals surface area contributed by atoms with Crippen molar-refractivity contribution in [3.63, 3.8) is 0 Å². The number of hydrogen-bond donors (Lipinski definition) is 1. The van der Waals surface area contributed by atoms with Crippen molar-refractivity contribution in [1.82, 2.24) is 5.32 Å². The topological polar surface area (TPSA) is 69.2 Å². The number of fused-ring (bicyclic) bond motifs is 1. The Hall–Kier alpha value is -2.44. The van der Waals surface area contributed by atoms with E-state index in [4.69, 9.17) is 14.3 Å². The highest BCUT2D eigenvalue weighted by atomic mass is 16.7. The minimum atomic E-state index is -0.226. The maximum atomic E-state index is 12.4. The van der Waals surface area contributed by atoms with Gasteiger partial charge in [0.05, 0.1) is 19.3 Å². The molecule has 0 aromatic heterocycles. The van der Waals surface area contributed by atoms with E-state index in [1.54, 1.807) is 0 Å². The molecule has 1 amide bonds. The number of benzene rings is 2. The molecule has 0 bridgehead atoms. The molecule has 6 nitrogen and oxygen atoms in total. The van der Waals surface area contributed by atoms with Gasteiger partial charge in [-0.05, 0) is 35.2 Å². The Balaban J connectivity index is 1.27. The summed E-state index contributed by atoms with van der Waals surface area (Å²) >= 11 is 0. The number of nitrogens with zero attached hydrogens (tertiary/aromatic N) is 1. The molecular formula is C23H28N2O4. The van der Waals surface area contributed by atoms with Crippen LogP contribution in [0, 0.1) is 5.92 Å². The molecule has 0 aliphatic carbocycles. The van der Waals surface area contributed by atoms with Crippen molar-refractivity contribution in [2.24, 2.45) is 11.1 Å². The summed E-state index contributed by atoms with van der Waals surface area (Å²) in [5, 5.41) is 9.39. The summed E-state index contributed by atoms with van der Waals surface area (Å²) in [6, 6.07) is 14.6. The maximum absolute atomic E-state index is 12.4. The molecule has 0 radical (unpaired) electrons. The molecule has 2 heterocycles. The monoisotopic (exact) mass is 396 g/mol. The Morgan fingerprint density at radius 1 is 1.28 bits per heavy atom. The van der Waals surface area contributed by atoms with Gasteiger partial charge in [-0.3, -0.25) is 4.79 Å². The minimum Gasteiger partial charge on any atom is -0.389 e. The van der Waals surface area contributed by atoms with Crippen molar-refractivity contribution in [3.8, 4) is 0 Å². The second-order valence-electron chi connectivity index (χ2n) is 7.76. The zero-order valence-electron chi connectivity index (χ0n) is 16.8. The molecular weight excluding hydrogens is 368 g/mol. The molecule has 4 rings (SSSR count). The van der Waals surface area contributed by atoms with Gasteiger partial charge in [-0.2, -0.15) is 0 Å². The molecule has 2 aromatic carbocycles. The molecule has 1 saturated heterocycles. The number of carbonyl (C=O) groups is 1. The number of carbonyl (C=O) groups excluding carboxylic acids is 1. The predicted octanol–water partition coefficient (Wildman–Crippen LogP) is 3.43. The Kier molecular flexibility index (Phi) is 6.42. The summed E-state index contributed by atoms with van der Waals surface area (Å²) in [5.74, 6) is 0.245. The minimum absolute atomic E-state index is 0.112. The summed E-state index contributed by atoms with van der Waals surface area (Å²) in [7, 11) is 0. The maximum Gasteiger partial charge on any atom is 0.269 e. The number of rotatable bonds is 8. The Morgan fingerprint density at radius 3 is 2.93 bits per heavy atom. The zero-order chi connectivity index (χ0) is 20.1. The second kappa shape index (κ2) is 9.37. The molecule has 3 unspecified atom stereocenters. The highest BCUT2D eigenvalue weighted by Gasteiger charge is 2.32. The van der Waals surface area contributed by atoms with E-state index in [1.165, 1.54) is 10.8 Å². The van der Waals surface area contributed by atoms with Crippen LogP contribution in [0.3, 0.4) is 0 Å². The van der Waals surface area contributed by atoms with Crippen molar-refractivity contribution >= 4 is 22.4 Å². The molecule has 0 spiro atoms. The largest absolute Gasteiger partial charge is 0.389 e. The number of hydrogen-bond acceptors (Lipinski definition) is 5.